The minimum atomic E-state index is -3.15. The monoisotopic (exact) mass is 444 g/mol. The molecule has 170 valence electrons. The summed E-state index contributed by atoms with van der Waals surface area (Å²) in [6.07, 6.45) is 3.55. The second kappa shape index (κ2) is 9.68. The van der Waals surface area contributed by atoms with Gasteiger partial charge in [0.15, 0.2) is 5.78 Å². The van der Waals surface area contributed by atoms with Crippen molar-refractivity contribution in [1.29, 1.82) is 0 Å². The highest BCUT2D eigenvalue weighted by atomic mass is 19.3. The quantitative estimate of drug-likeness (QED) is 0.630. The lowest BCUT2D eigenvalue weighted by molar-refractivity contribution is -0.131. The number of rotatable bonds is 8. The highest BCUT2D eigenvalue weighted by Crippen LogP contribution is 2.46. The number of nitrogens with one attached hydrogen (secondary N) is 1. The molecule has 2 aromatic rings. The van der Waals surface area contributed by atoms with E-state index in [-0.39, 0.29) is 11.0 Å². The van der Waals surface area contributed by atoms with Crippen molar-refractivity contribution in [2.75, 3.05) is 37.7 Å². The Kier molecular flexibility index (Phi) is 6.74. The number of carbonyl (C=O) groups is 2. The second-order valence-corrected chi connectivity index (χ2v) is 8.29. The predicted octanol–water partition coefficient (Wildman–Crippen LogP) is 2.54. The zero-order chi connectivity index (χ0) is 22.6. The lowest BCUT2D eigenvalue weighted by Gasteiger charge is -2.42. The van der Waals surface area contributed by atoms with E-state index in [2.05, 4.69) is 39.1 Å². The van der Waals surface area contributed by atoms with Gasteiger partial charge in [0.05, 0.1) is 25.3 Å². The second-order valence-electron chi connectivity index (χ2n) is 8.29. The van der Waals surface area contributed by atoms with Crippen LogP contribution in [0.25, 0.3) is 0 Å². The number of anilines is 1. The summed E-state index contributed by atoms with van der Waals surface area (Å²) in [4.78, 5) is 34.0. The van der Waals surface area contributed by atoms with Gasteiger partial charge in [-0.25, -0.2) is 9.97 Å². The van der Waals surface area contributed by atoms with Crippen molar-refractivity contribution in [1.82, 2.24) is 15.3 Å². The number of carbonyl (C=O) groups excluding carboxylic acids is 2. The van der Waals surface area contributed by atoms with Crippen LogP contribution in [-0.4, -0.2) is 60.9 Å². The number of benzene rings is 1. The van der Waals surface area contributed by atoms with Gasteiger partial charge >= 0.3 is 6.43 Å². The van der Waals surface area contributed by atoms with Gasteiger partial charge in [-0.3, -0.25) is 9.59 Å². The molecule has 1 saturated carbocycles. The van der Waals surface area contributed by atoms with Crippen LogP contribution in [0.5, 0.6) is 0 Å². The van der Waals surface area contributed by atoms with Crippen LogP contribution in [0.15, 0.2) is 36.7 Å². The standard InChI is InChI=1S/C23H26F2N4O3/c24-21(25)22(31)28-15-19(30)16-13-26-20(27-14-16)12-23(6-1-7-23)17-2-4-18(5-3-17)29-8-10-32-11-9-29/h2-5,13-14,21H,1,6-12,15H2,(H,28,31). The molecule has 2 fully saturated rings. The van der Waals surface area contributed by atoms with Gasteiger partial charge in [0.2, 0.25) is 0 Å². The Hall–Kier alpha value is -2.94. The zero-order valence-corrected chi connectivity index (χ0v) is 17.7. The van der Waals surface area contributed by atoms with E-state index in [4.69, 9.17) is 4.74 Å². The summed E-state index contributed by atoms with van der Waals surface area (Å²) in [5.41, 5.74) is 2.63. The lowest BCUT2D eigenvalue weighted by atomic mass is 9.62. The van der Waals surface area contributed by atoms with Crippen molar-refractivity contribution in [3.8, 4) is 0 Å². The summed E-state index contributed by atoms with van der Waals surface area (Å²) in [5, 5.41) is 1.90. The van der Waals surface area contributed by atoms with Crippen LogP contribution in [0, 0.1) is 0 Å². The third-order valence-corrected chi connectivity index (χ3v) is 6.31. The molecule has 2 heterocycles. The minimum Gasteiger partial charge on any atom is -0.378 e. The maximum absolute atomic E-state index is 12.2. The Morgan fingerprint density at radius 1 is 1.09 bits per heavy atom. The molecular formula is C23H26F2N4O3. The highest BCUT2D eigenvalue weighted by molar-refractivity contribution is 5.99. The normalized spacial score (nSPS) is 17.7. The van der Waals surface area contributed by atoms with Gasteiger partial charge in [0.1, 0.15) is 5.82 Å². The molecule has 1 saturated heterocycles. The molecule has 9 heteroatoms. The Balaban J connectivity index is 1.40. The predicted molar refractivity (Wildman–Crippen MR) is 114 cm³/mol. The largest absolute Gasteiger partial charge is 0.378 e. The molecule has 1 aromatic carbocycles. The lowest BCUT2D eigenvalue weighted by Crippen LogP contribution is -2.38. The van der Waals surface area contributed by atoms with Gasteiger partial charge in [-0.15, -0.1) is 0 Å². The highest BCUT2D eigenvalue weighted by Gasteiger charge is 2.39. The van der Waals surface area contributed by atoms with Crippen LogP contribution < -0.4 is 10.2 Å². The molecule has 7 nitrogen and oxygen atoms in total. The van der Waals surface area contributed by atoms with E-state index in [0.717, 1.165) is 45.6 Å². The van der Waals surface area contributed by atoms with Crippen LogP contribution >= 0.6 is 0 Å². The third-order valence-electron chi connectivity index (χ3n) is 6.31. The first-order valence-corrected chi connectivity index (χ1v) is 10.8. The number of aromatic nitrogens is 2. The van der Waals surface area contributed by atoms with Gasteiger partial charge in [0.25, 0.3) is 5.91 Å². The molecule has 0 bridgehead atoms. The van der Waals surface area contributed by atoms with Gasteiger partial charge in [-0.1, -0.05) is 18.6 Å². The Bertz CT molecular complexity index is 941. The van der Waals surface area contributed by atoms with Gasteiger partial charge in [0, 0.05) is 43.0 Å². The molecule has 1 aliphatic heterocycles. The molecule has 32 heavy (non-hydrogen) atoms. The van der Waals surface area contributed by atoms with Crippen molar-refractivity contribution in [2.24, 2.45) is 0 Å². The topological polar surface area (TPSA) is 84.4 Å². The maximum Gasteiger partial charge on any atom is 0.315 e. The fourth-order valence-electron chi connectivity index (χ4n) is 4.26. The number of morpholine rings is 1. The van der Waals surface area contributed by atoms with E-state index in [9.17, 15) is 18.4 Å². The first-order chi connectivity index (χ1) is 15.5. The average molecular weight is 444 g/mol. The summed E-state index contributed by atoms with van der Waals surface area (Å²) < 4.78 is 29.9. The zero-order valence-electron chi connectivity index (χ0n) is 17.7. The Morgan fingerprint density at radius 3 is 2.31 bits per heavy atom. The number of ether oxygens (including phenoxy) is 1. The first kappa shape index (κ1) is 22.3. The Morgan fingerprint density at radius 2 is 1.75 bits per heavy atom. The molecular weight excluding hydrogens is 418 g/mol. The summed E-state index contributed by atoms with van der Waals surface area (Å²) >= 11 is 0. The van der Waals surface area contributed by atoms with Gasteiger partial charge in [-0.2, -0.15) is 8.78 Å². The molecule has 2 aliphatic rings. The van der Waals surface area contributed by atoms with Crippen LogP contribution in [0.4, 0.5) is 14.5 Å². The number of hydrogen-bond donors (Lipinski definition) is 1. The first-order valence-electron chi connectivity index (χ1n) is 10.8. The number of Topliss-reactive ketones (excluding diaryl/α,β-unsaturated/α-hetero) is 1. The minimum absolute atomic E-state index is 0.0136. The summed E-state index contributed by atoms with van der Waals surface area (Å²) in [6.45, 7) is 2.79. The van der Waals surface area contributed by atoms with E-state index >= 15 is 0 Å². The SMILES string of the molecule is O=C(CNC(=O)C(F)F)c1cnc(CC2(c3ccc(N4CCOCC4)cc3)CCC2)nc1. The van der Waals surface area contributed by atoms with Crippen molar-refractivity contribution in [2.45, 2.75) is 37.5 Å². The molecule has 0 atom stereocenters. The van der Waals surface area contributed by atoms with Crippen molar-refractivity contribution >= 4 is 17.4 Å². The number of hydrogen-bond acceptors (Lipinski definition) is 6. The molecule has 0 unspecified atom stereocenters. The van der Waals surface area contributed by atoms with Crippen LogP contribution in [0.2, 0.25) is 0 Å². The van der Waals surface area contributed by atoms with Crippen LogP contribution in [0.3, 0.4) is 0 Å². The van der Waals surface area contributed by atoms with Crippen LogP contribution in [-0.2, 0) is 21.4 Å². The van der Waals surface area contributed by atoms with E-state index in [1.165, 1.54) is 23.6 Å². The summed E-state index contributed by atoms with van der Waals surface area (Å²) in [7, 11) is 0. The molecule has 4 rings (SSSR count). The molecule has 0 spiro atoms. The summed E-state index contributed by atoms with van der Waals surface area (Å²) in [5.74, 6) is -1.35. The Labute approximate surface area is 185 Å². The number of ketones is 1. The summed E-state index contributed by atoms with van der Waals surface area (Å²) in [6, 6.07) is 8.70. The van der Waals surface area contributed by atoms with E-state index in [1.807, 2.05) is 5.32 Å². The molecule has 1 aromatic heterocycles. The number of nitrogens with zero attached hydrogens (tertiary/aromatic N) is 3. The fourth-order valence-corrected chi connectivity index (χ4v) is 4.26. The van der Waals surface area contributed by atoms with Crippen molar-refractivity contribution in [3.05, 3.63) is 53.6 Å². The fraction of sp³-hybridized carbons (Fsp3) is 0.478. The van der Waals surface area contributed by atoms with Crippen LogP contribution in [0.1, 0.15) is 41.0 Å². The number of alkyl halides is 2. The van der Waals surface area contributed by atoms with E-state index in [0.29, 0.717) is 12.2 Å². The molecule has 1 amide bonds. The molecule has 0 radical (unpaired) electrons. The maximum atomic E-state index is 12.2. The van der Waals surface area contributed by atoms with Crippen molar-refractivity contribution in [3.63, 3.8) is 0 Å². The van der Waals surface area contributed by atoms with E-state index < -0.39 is 24.7 Å². The smallest absolute Gasteiger partial charge is 0.315 e. The van der Waals surface area contributed by atoms with E-state index in [1.54, 1.807) is 0 Å². The molecule has 1 N–H and O–H groups in total. The number of halogens is 2. The third kappa shape index (κ3) is 4.93. The van der Waals surface area contributed by atoms with Crippen molar-refractivity contribution < 1.29 is 23.1 Å². The average Bonchev–Trinajstić information content (AvgIpc) is 2.80. The number of amides is 1. The molecule has 1 aliphatic carbocycles. The van der Waals surface area contributed by atoms with Gasteiger partial charge in [-0.05, 0) is 30.5 Å². The van der Waals surface area contributed by atoms with Gasteiger partial charge < -0.3 is 15.0 Å².